The summed E-state index contributed by atoms with van der Waals surface area (Å²) in [6, 6.07) is 6.06. The van der Waals surface area contributed by atoms with E-state index in [9.17, 15) is 14.0 Å². The molecule has 1 N–H and O–H groups in total. The van der Waals surface area contributed by atoms with E-state index < -0.39 is 5.97 Å². The molecule has 9 heteroatoms. The molecule has 1 aromatic carbocycles. The van der Waals surface area contributed by atoms with E-state index in [-0.39, 0.29) is 29.6 Å². The Hall–Kier alpha value is -2.78. The average Bonchev–Trinajstić information content (AvgIpc) is 3.32. The van der Waals surface area contributed by atoms with Gasteiger partial charge < -0.3 is 14.8 Å². The van der Waals surface area contributed by atoms with Crippen molar-refractivity contribution in [3.8, 4) is 5.69 Å². The second-order valence-corrected chi connectivity index (χ2v) is 10.1. The van der Waals surface area contributed by atoms with Gasteiger partial charge in [0.15, 0.2) is 12.3 Å². The molecule has 2 heterocycles. The van der Waals surface area contributed by atoms with Gasteiger partial charge in [0.1, 0.15) is 5.82 Å². The summed E-state index contributed by atoms with van der Waals surface area (Å²) < 4.78 is 26.1. The molecule has 36 heavy (non-hydrogen) atoms. The van der Waals surface area contributed by atoms with Crippen molar-refractivity contribution in [3.05, 3.63) is 47.0 Å². The maximum Gasteiger partial charge on any atom is 0.359 e. The zero-order valence-corrected chi connectivity index (χ0v) is 20.8. The Balaban J connectivity index is 1.22. The standard InChI is InChI=1S/C27H35FN4O4/c28-20-8-10-21(11-9-20)32-23-7-3-2-6-22(23)25(30-32)26(34)36-18-24(33)29-19-27(12-4-1-5-13-27)31-14-16-35-17-15-31/h8-11H,1-7,12-19H2,(H,29,33). The first kappa shape index (κ1) is 24.9. The highest BCUT2D eigenvalue weighted by Gasteiger charge is 2.39. The van der Waals surface area contributed by atoms with Gasteiger partial charge in [0.05, 0.1) is 18.9 Å². The molecule has 2 fully saturated rings. The number of carbonyl (C=O) groups is 2. The number of amides is 1. The van der Waals surface area contributed by atoms with E-state index in [1.165, 1.54) is 18.6 Å². The second-order valence-electron chi connectivity index (χ2n) is 10.1. The summed E-state index contributed by atoms with van der Waals surface area (Å²) in [6.07, 6.45) is 9.14. The topological polar surface area (TPSA) is 85.7 Å². The van der Waals surface area contributed by atoms with Gasteiger partial charge in [-0.3, -0.25) is 9.69 Å². The first-order valence-electron chi connectivity index (χ1n) is 13.2. The number of nitrogens with one attached hydrogen (secondary N) is 1. The molecule has 1 saturated carbocycles. The third kappa shape index (κ3) is 5.32. The molecule has 0 radical (unpaired) electrons. The van der Waals surface area contributed by atoms with E-state index in [1.54, 1.807) is 16.8 Å². The van der Waals surface area contributed by atoms with Crippen molar-refractivity contribution >= 4 is 11.9 Å². The lowest BCUT2D eigenvalue weighted by Gasteiger charge is -2.48. The number of esters is 1. The Morgan fingerprint density at radius 3 is 2.50 bits per heavy atom. The number of nitrogens with zero attached hydrogens (tertiary/aromatic N) is 3. The Morgan fingerprint density at radius 1 is 1.03 bits per heavy atom. The number of fused-ring (bicyclic) bond motifs is 1. The number of aromatic nitrogens is 2. The SMILES string of the molecule is O=C(COC(=O)c1nn(-c2ccc(F)cc2)c2c1CCCC2)NCC1(N2CCOCC2)CCCCC1. The molecule has 0 spiro atoms. The molecule has 8 nitrogen and oxygen atoms in total. The number of morpholine rings is 1. The molecular weight excluding hydrogens is 463 g/mol. The van der Waals surface area contributed by atoms with Crippen molar-refractivity contribution in [2.24, 2.45) is 0 Å². The van der Waals surface area contributed by atoms with Crippen molar-refractivity contribution in [3.63, 3.8) is 0 Å². The molecule has 3 aliphatic rings. The largest absolute Gasteiger partial charge is 0.451 e. The molecule has 1 saturated heterocycles. The number of hydrogen-bond acceptors (Lipinski definition) is 6. The fraction of sp³-hybridized carbons (Fsp3) is 0.593. The summed E-state index contributed by atoms with van der Waals surface area (Å²) in [7, 11) is 0. The summed E-state index contributed by atoms with van der Waals surface area (Å²) in [6.45, 7) is 3.43. The molecule has 5 rings (SSSR count). The van der Waals surface area contributed by atoms with Crippen LogP contribution in [0.1, 0.15) is 66.7 Å². The first-order chi connectivity index (χ1) is 17.6. The van der Waals surface area contributed by atoms with Crippen LogP contribution in [0.25, 0.3) is 5.69 Å². The van der Waals surface area contributed by atoms with Crippen LogP contribution in [0.3, 0.4) is 0 Å². The van der Waals surface area contributed by atoms with Gasteiger partial charge in [-0.25, -0.2) is 13.9 Å². The molecule has 0 unspecified atom stereocenters. The van der Waals surface area contributed by atoms with Gasteiger partial charge in [0.2, 0.25) is 0 Å². The molecule has 0 bridgehead atoms. The van der Waals surface area contributed by atoms with Gasteiger partial charge in [0.25, 0.3) is 5.91 Å². The normalized spacial score (nSPS) is 19.9. The number of halogens is 1. The monoisotopic (exact) mass is 498 g/mol. The van der Waals surface area contributed by atoms with E-state index >= 15 is 0 Å². The van der Waals surface area contributed by atoms with Gasteiger partial charge in [-0.1, -0.05) is 19.3 Å². The molecule has 2 aliphatic carbocycles. The van der Waals surface area contributed by atoms with E-state index in [0.29, 0.717) is 12.2 Å². The Labute approximate surface area is 211 Å². The van der Waals surface area contributed by atoms with E-state index in [0.717, 1.165) is 88.9 Å². The predicted octanol–water partition coefficient (Wildman–Crippen LogP) is 3.20. The summed E-state index contributed by atoms with van der Waals surface area (Å²) in [4.78, 5) is 28.1. The van der Waals surface area contributed by atoms with Crippen molar-refractivity contribution < 1.29 is 23.5 Å². The van der Waals surface area contributed by atoms with Crippen LogP contribution in [0.4, 0.5) is 4.39 Å². The van der Waals surface area contributed by atoms with Crippen molar-refractivity contribution in [1.29, 1.82) is 0 Å². The minimum absolute atomic E-state index is 0.0469. The van der Waals surface area contributed by atoms with Crippen LogP contribution in [-0.4, -0.2) is 71.6 Å². The molecule has 0 atom stereocenters. The summed E-state index contributed by atoms with van der Waals surface area (Å²) in [5.41, 5.74) is 2.72. The quantitative estimate of drug-likeness (QED) is 0.590. The smallest absolute Gasteiger partial charge is 0.359 e. The Kier molecular flexibility index (Phi) is 7.67. The lowest BCUT2D eigenvalue weighted by atomic mass is 9.79. The van der Waals surface area contributed by atoms with Crippen LogP contribution in [0.2, 0.25) is 0 Å². The molecule has 1 aromatic heterocycles. The van der Waals surface area contributed by atoms with E-state index in [2.05, 4.69) is 15.3 Å². The van der Waals surface area contributed by atoms with E-state index in [4.69, 9.17) is 9.47 Å². The zero-order chi connectivity index (χ0) is 25.0. The van der Waals surface area contributed by atoms with Gasteiger partial charge >= 0.3 is 5.97 Å². The average molecular weight is 499 g/mol. The Morgan fingerprint density at radius 2 is 1.75 bits per heavy atom. The minimum atomic E-state index is -0.593. The Bertz CT molecular complexity index is 1070. The lowest BCUT2D eigenvalue weighted by Crippen LogP contribution is -2.59. The summed E-state index contributed by atoms with van der Waals surface area (Å²) in [5.74, 6) is -1.22. The van der Waals surface area contributed by atoms with Gasteiger partial charge in [-0.05, 0) is 62.8 Å². The maximum absolute atomic E-state index is 13.4. The first-order valence-corrected chi connectivity index (χ1v) is 13.2. The maximum atomic E-state index is 13.4. The molecule has 1 aliphatic heterocycles. The van der Waals surface area contributed by atoms with Crippen LogP contribution < -0.4 is 5.32 Å². The number of carbonyl (C=O) groups excluding carboxylic acids is 2. The van der Waals surface area contributed by atoms with Crippen molar-refractivity contribution in [1.82, 2.24) is 20.0 Å². The van der Waals surface area contributed by atoms with Crippen molar-refractivity contribution in [2.75, 3.05) is 39.5 Å². The predicted molar refractivity (Wildman–Crippen MR) is 132 cm³/mol. The lowest BCUT2D eigenvalue weighted by molar-refractivity contribution is -0.125. The third-order valence-electron chi connectivity index (χ3n) is 7.86. The van der Waals surface area contributed by atoms with Gasteiger partial charge in [-0.2, -0.15) is 5.10 Å². The van der Waals surface area contributed by atoms with Gasteiger partial charge in [-0.15, -0.1) is 0 Å². The zero-order valence-electron chi connectivity index (χ0n) is 20.8. The van der Waals surface area contributed by atoms with Crippen molar-refractivity contribution in [2.45, 2.75) is 63.3 Å². The van der Waals surface area contributed by atoms with Crippen LogP contribution in [0, 0.1) is 5.82 Å². The highest BCUT2D eigenvalue weighted by Crippen LogP contribution is 2.34. The number of hydrogen-bond donors (Lipinski definition) is 1. The highest BCUT2D eigenvalue weighted by molar-refractivity contribution is 5.91. The van der Waals surface area contributed by atoms with E-state index in [1.807, 2.05) is 0 Å². The minimum Gasteiger partial charge on any atom is -0.451 e. The third-order valence-corrected chi connectivity index (χ3v) is 7.86. The number of rotatable bonds is 7. The van der Waals surface area contributed by atoms with Crippen LogP contribution in [0.5, 0.6) is 0 Å². The molecular formula is C27H35FN4O4. The van der Waals surface area contributed by atoms with Crippen LogP contribution >= 0.6 is 0 Å². The molecule has 1 amide bonds. The summed E-state index contributed by atoms with van der Waals surface area (Å²) in [5, 5.41) is 7.57. The molecule has 2 aromatic rings. The number of benzene rings is 1. The number of ether oxygens (including phenoxy) is 2. The van der Waals surface area contributed by atoms with Gasteiger partial charge in [0, 0.05) is 36.4 Å². The van der Waals surface area contributed by atoms with Crippen LogP contribution in [0.15, 0.2) is 24.3 Å². The van der Waals surface area contributed by atoms with Crippen LogP contribution in [-0.2, 0) is 27.1 Å². The highest BCUT2D eigenvalue weighted by atomic mass is 19.1. The molecule has 194 valence electrons. The second kappa shape index (κ2) is 11.1. The summed E-state index contributed by atoms with van der Waals surface area (Å²) >= 11 is 0. The fourth-order valence-electron chi connectivity index (χ4n) is 5.92. The fourth-order valence-corrected chi connectivity index (χ4v) is 5.92.